The van der Waals surface area contributed by atoms with E-state index in [9.17, 15) is 4.79 Å². The molecule has 1 rings (SSSR count). The molecule has 4 heteroatoms. The predicted octanol–water partition coefficient (Wildman–Crippen LogP) is 2.02. The Labute approximate surface area is 101 Å². The lowest BCUT2D eigenvalue weighted by atomic mass is 10.1. The number of benzene rings is 1. The van der Waals surface area contributed by atoms with Gasteiger partial charge in [-0.15, -0.1) is 0 Å². The van der Waals surface area contributed by atoms with Gasteiger partial charge in [-0.05, 0) is 18.2 Å². The highest BCUT2D eigenvalue weighted by molar-refractivity contribution is 6.07. The molecule has 0 bridgehead atoms. The molecule has 0 N–H and O–H groups in total. The van der Waals surface area contributed by atoms with Crippen molar-refractivity contribution in [3.05, 3.63) is 35.9 Å². The number of ketones is 1. The largest absolute Gasteiger partial charge is 0.494 e. The molecule has 0 aromatic heterocycles. The van der Waals surface area contributed by atoms with Gasteiger partial charge in [-0.2, -0.15) is 5.26 Å². The summed E-state index contributed by atoms with van der Waals surface area (Å²) in [5, 5.41) is 8.40. The Bertz CT molecular complexity index is 485. The van der Waals surface area contributed by atoms with Crippen LogP contribution in [-0.2, 0) is 0 Å². The van der Waals surface area contributed by atoms with E-state index < -0.39 is 0 Å². The van der Waals surface area contributed by atoms with Crippen LogP contribution in [0.3, 0.4) is 0 Å². The molecule has 0 aliphatic heterocycles. The van der Waals surface area contributed by atoms with Crippen LogP contribution in [-0.4, -0.2) is 27.0 Å². The normalized spacial score (nSPS) is 10.0. The van der Waals surface area contributed by atoms with E-state index in [0.717, 1.165) is 11.8 Å². The number of para-hydroxylation sites is 1. The van der Waals surface area contributed by atoms with Gasteiger partial charge in [0.25, 0.3) is 0 Å². The van der Waals surface area contributed by atoms with Crippen molar-refractivity contribution in [1.82, 2.24) is 0 Å². The zero-order valence-corrected chi connectivity index (χ0v) is 10.1. The van der Waals surface area contributed by atoms with E-state index in [4.69, 9.17) is 10.00 Å². The van der Waals surface area contributed by atoms with Crippen LogP contribution in [0.1, 0.15) is 10.4 Å². The maximum Gasteiger partial charge on any atom is 0.190 e. The summed E-state index contributed by atoms with van der Waals surface area (Å²) >= 11 is 0. The number of hydrogen-bond donors (Lipinski definition) is 0. The van der Waals surface area contributed by atoms with Gasteiger partial charge in [0.1, 0.15) is 0 Å². The Hall–Kier alpha value is -2.28. The number of nitriles is 1. The molecule has 0 heterocycles. The van der Waals surface area contributed by atoms with Crippen LogP contribution < -0.4 is 9.64 Å². The average molecular weight is 230 g/mol. The van der Waals surface area contributed by atoms with Gasteiger partial charge in [-0.25, -0.2) is 0 Å². The number of nitrogens with zero attached hydrogens (tertiary/aromatic N) is 2. The van der Waals surface area contributed by atoms with Crippen LogP contribution in [0.5, 0.6) is 5.75 Å². The second kappa shape index (κ2) is 5.71. The van der Waals surface area contributed by atoms with E-state index in [0.29, 0.717) is 11.3 Å². The van der Waals surface area contributed by atoms with E-state index in [1.54, 1.807) is 18.2 Å². The smallest absolute Gasteiger partial charge is 0.190 e. The van der Waals surface area contributed by atoms with E-state index >= 15 is 0 Å². The van der Waals surface area contributed by atoms with Crippen molar-refractivity contribution in [1.29, 1.82) is 5.26 Å². The lowest BCUT2D eigenvalue weighted by Gasteiger charge is -2.18. The van der Waals surface area contributed by atoms with E-state index in [1.807, 2.05) is 25.1 Å². The van der Waals surface area contributed by atoms with Crippen LogP contribution in [0.25, 0.3) is 0 Å². The Morgan fingerprint density at radius 3 is 2.71 bits per heavy atom. The number of carbonyl (C=O) groups excluding carboxylic acids is 1. The molecule has 0 spiro atoms. The fraction of sp³-hybridized carbons (Fsp3) is 0.231. The maximum atomic E-state index is 11.8. The second-order valence-corrected chi connectivity index (χ2v) is 3.58. The summed E-state index contributed by atoms with van der Waals surface area (Å²) in [4.78, 5) is 13.7. The third-order valence-electron chi connectivity index (χ3n) is 2.25. The molecular weight excluding hydrogens is 216 g/mol. The standard InChI is InChI=1S/C13H14N2O2/c1-15(2)11-7-4-6-10(13(11)17-3)12(16)8-5-9-14/h4-8H,1-3H3. The highest BCUT2D eigenvalue weighted by atomic mass is 16.5. The number of carbonyl (C=O) groups is 1. The summed E-state index contributed by atoms with van der Waals surface area (Å²) in [6.07, 6.45) is 2.39. The zero-order chi connectivity index (χ0) is 12.8. The van der Waals surface area contributed by atoms with Gasteiger partial charge in [-0.1, -0.05) is 6.07 Å². The first-order valence-electron chi connectivity index (χ1n) is 5.06. The number of ether oxygens (including phenoxy) is 1. The minimum Gasteiger partial charge on any atom is -0.494 e. The molecule has 0 amide bonds. The molecular formula is C13H14N2O2. The van der Waals surface area contributed by atoms with E-state index in [1.165, 1.54) is 13.2 Å². The molecule has 1 aromatic rings. The van der Waals surface area contributed by atoms with Crippen molar-refractivity contribution in [2.45, 2.75) is 0 Å². The Morgan fingerprint density at radius 2 is 2.18 bits per heavy atom. The molecule has 0 aliphatic carbocycles. The number of anilines is 1. The quantitative estimate of drug-likeness (QED) is 0.451. The molecule has 0 fully saturated rings. The summed E-state index contributed by atoms with van der Waals surface area (Å²) in [6.45, 7) is 0. The highest BCUT2D eigenvalue weighted by Gasteiger charge is 2.14. The topological polar surface area (TPSA) is 53.3 Å². The van der Waals surface area contributed by atoms with Crippen molar-refractivity contribution < 1.29 is 9.53 Å². The van der Waals surface area contributed by atoms with Crippen LogP contribution in [0.4, 0.5) is 5.69 Å². The third-order valence-corrected chi connectivity index (χ3v) is 2.25. The first-order valence-corrected chi connectivity index (χ1v) is 5.06. The second-order valence-electron chi connectivity index (χ2n) is 3.58. The lowest BCUT2D eigenvalue weighted by molar-refractivity contribution is 0.104. The predicted molar refractivity (Wildman–Crippen MR) is 66.4 cm³/mol. The fourth-order valence-corrected chi connectivity index (χ4v) is 1.49. The Balaban J connectivity index is 3.25. The minimum absolute atomic E-state index is 0.243. The van der Waals surface area contributed by atoms with Gasteiger partial charge in [0.2, 0.25) is 0 Å². The van der Waals surface area contributed by atoms with E-state index in [-0.39, 0.29) is 5.78 Å². The zero-order valence-electron chi connectivity index (χ0n) is 10.1. The van der Waals surface area contributed by atoms with Gasteiger partial charge < -0.3 is 9.64 Å². The first-order chi connectivity index (χ1) is 8.11. The molecule has 0 unspecified atom stereocenters. The molecule has 88 valence electrons. The van der Waals surface area contributed by atoms with Crippen LogP contribution in [0.2, 0.25) is 0 Å². The van der Waals surface area contributed by atoms with Gasteiger partial charge in [-0.3, -0.25) is 4.79 Å². The van der Waals surface area contributed by atoms with Gasteiger partial charge in [0.05, 0.1) is 24.4 Å². The summed E-state index contributed by atoms with van der Waals surface area (Å²) < 4.78 is 5.26. The van der Waals surface area contributed by atoms with Crippen molar-refractivity contribution in [2.75, 3.05) is 26.1 Å². The van der Waals surface area contributed by atoms with Gasteiger partial charge >= 0.3 is 0 Å². The minimum atomic E-state index is -0.243. The molecule has 1 aromatic carbocycles. The van der Waals surface area contributed by atoms with Crippen molar-refractivity contribution in [2.24, 2.45) is 0 Å². The highest BCUT2D eigenvalue weighted by Crippen LogP contribution is 2.31. The summed E-state index contributed by atoms with van der Waals surface area (Å²) in [5.74, 6) is 0.275. The molecule has 4 nitrogen and oxygen atoms in total. The number of methoxy groups -OCH3 is 1. The Morgan fingerprint density at radius 1 is 1.47 bits per heavy atom. The SMILES string of the molecule is COc1c(C(=O)C=CC#N)cccc1N(C)C. The summed E-state index contributed by atoms with van der Waals surface area (Å²) in [6, 6.07) is 7.11. The number of rotatable bonds is 4. The monoisotopic (exact) mass is 230 g/mol. The molecule has 0 saturated heterocycles. The van der Waals surface area contributed by atoms with Crippen LogP contribution in [0.15, 0.2) is 30.4 Å². The molecule has 0 aliphatic rings. The summed E-state index contributed by atoms with van der Waals surface area (Å²) in [5.41, 5.74) is 1.27. The molecule has 17 heavy (non-hydrogen) atoms. The first kappa shape index (κ1) is 12.8. The van der Waals surface area contributed by atoms with E-state index in [2.05, 4.69) is 0 Å². The number of allylic oxidation sites excluding steroid dienone is 2. The summed E-state index contributed by atoms with van der Waals surface area (Å²) in [7, 11) is 5.27. The molecule has 0 atom stereocenters. The number of hydrogen-bond acceptors (Lipinski definition) is 4. The van der Waals surface area contributed by atoms with Crippen molar-refractivity contribution in [3.8, 4) is 11.8 Å². The maximum absolute atomic E-state index is 11.8. The van der Waals surface area contributed by atoms with Crippen LogP contribution >= 0.6 is 0 Å². The van der Waals surface area contributed by atoms with Crippen molar-refractivity contribution >= 4 is 11.5 Å². The van der Waals surface area contributed by atoms with Crippen LogP contribution in [0, 0.1) is 11.3 Å². The molecule has 0 saturated carbocycles. The Kier molecular flexibility index (Phi) is 4.29. The third kappa shape index (κ3) is 2.85. The van der Waals surface area contributed by atoms with Crippen molar-refractivity contribution in [3.63, 3.8) is 0 Å². The molecule has 0 radical (unpaired) electrons. The lowest BCUT2D eigenvalue weighted by Crippen LogP contribution is -2.12. The van der Waals surface area contributed by atoms with Gasteiger partial charge in [0.15, 0.2) is 11.5 Å². The fourth-order valence-electron chi connectivity index (χ4n) is 1.49. The average Bonchev–Trinajstić information content (AvgIpc) is 2.34. The van der Waals surface area contributed by atoms with Gasteiger partial charge in [0, 0.05) is 20.2 Å².